The van der Waals surface area contributed by atoms with Crippen molar-refractivity contribution >= 4 is 22.6 Å². The Balaban J connectivity index is 1.73. The van der Waals surface area contributed by atoms with Gasteiger partial charge in [-0.15, -0.1) is 0 Å². The first kappa shape index (κ1) is 21.3. The van der Waals surface area contributed by atoms with Gasteiger partial charge in [0.2, 0.25) is 0 Å². The number of ether oxygens (including phenoxy) is 1. The zero-order valence-corrected chi connectivity index (χ0v) is 19.1. The number of hydrogen-bond donors (Lipinski definition) is 0. The average Bonchev–Trinajstić information content (AvgIpc) is 3.35. The molecule has 0 unspecified atom stereocenters. The average molecular weight is 422 g/mol. The fourth-order valence-electron chi connectivity index (χ4n) is 4.32. The summed E-state index contributed by atoms with van der Waals surface area (Å²) in [5.74, 6) is 0.848. The van der Waals surface area contributed by atoms with Gasteiger partial charge in [0.05, 0.1) is 17.3 Å². The Morgan fingerprint density at radius 1 is 1.26 bits per heavy atom. The summed E-state index contributed by atoms with van der Waals surface area (Å²) in [7, 11) is 5.80. The third kappa shape index (κ3) is 4.42. The first-order valence-electron chi connectivity index (χ1n) is 10.8. The highest BCUT2D eigenvalue weighted by Crippen LogP contribution is 2.27. The normalized spacial score (nSPS) is 16.1. The van der Waals surface area contributed by atoms with Gasteiger partial charge in [0.25, 0.3) is 5.91 Å². The Morgan fingerprint density at radius 2 is 2.06 bits per heavy atom. The van der Waals surface area contributed by atoms with Crippen LogP contribution in [0.5, 0.6) is 0 Å². The maximum Gasteiger partial charge on any atom is 0.272 e. The van der Waals surface area contributed by atoms with Crippen LogP contribution >= 0.6 is 0 Å². The van der Waals surface area contributed by atoms with E-state index in [1.54, 1.807) is 4.68 Å². The minimum Gasteiger partial charge on any atom is -0.376 e. The highest BCUT2D eigenvalue weighted by molar-refractivity contribution is 5.93. The van der Waals surface area contributed by atoms with E-state index < -0.39 is 0 Å². The van der Waals surface area contributed by atoms with Crippen LogP contribution in [0.1, 0.15) is 40.2 Å². The molecule has 7 nitrogen and oxygen atoms in total. The van der Waals surface area contributed by atoms with Crippen molar-refractivity contribution in [1.82, 2.24) is 19.7 Å². The number of benzene rings is 1. The van der Waals surface area contributed by atoms with Crippen molar-refractivity contribution in [3.63, 3.8) is 0 Å². The van der Waals surface area contributed by atoms with Crippen LogP contribution in [-0.4, -0.2) is 58.9 Å². The van der Waals surface area contributed by atoms with Gasteiger partial charge in [-0.2, -0.15) is 5.10 Å². The van der Waals surface area contributed by atoms with Gasteiger partial charge in [-0.25, -0.2) is 4.98 Å². The van der Waals surface area contributed by atoms with Crippen molar-refractivity contribution in [2.45, 2.75) is 39.3 Å². The van der Waals surface area contributed by atoms with E-state index in [1.807, 2.05) is 50.0 Å². The van der Waals surface area contributed by atoms with Crippen molar-refractivity contribution in [3.8, 4) is 0 Å². The van der Waals surface area contributed by atoms with Crippen LogP contribution in [0.25, 0.3) is 10.9 Å². The Labute approximate surface area is 183 Å². The lowest BCUT2D eigenvalue weighted by Crippen LogP contribution is -2.38. The Morgan fingerprint density at radius 3 is 2.71 bits per heavy atom. The van der Waals surface area contributed by atoms with Crippen LogP contribution in [0.2, 0.25) is 0 Å². The molecule has 7 heteroatoms. The number of nitrogens with zero attached hydrogens (tertiary/aromatic N) is 5. The maximum absolute atomic E-state index is 13.5. The number of amides is 1. The highest BCUT2D eigenvalue weighted by atomic mass is 16.5. The summed E-state index contributed by atoms with van der Waals surface area (Å²) in [5, 5.41) is 5.45. The molecule has 0 bridgehead atoms. The first-order valence-corrected chi connectivity index (χ1v) is 10.8. The number of rotatable bonds is 6. The number of hydrogen-bond acceptors (Lipinski definition) is 5. The van der Waals surface area contributed by atoms with E-state index in [4.69, 9.17) is 9.72 Å². The molecule has 164 valence electrons. The third-order valence-corrected chi connectivity index (χ3v) is 5.84. The van der Waals surface area contributed by atoms with E-state index >= 15 is 0 Å². The second-order valence-electron chi connectivity index (χ2n) is 8.63. The van der Waals surface area contributed by atoms with Gasteiger partial charge < -0.3 is 14.5 Å². The molecule has 4 rings (SSSR count). The molecule has 0 radical (unpaired) electrons. The predicted molar refractivity (Wildman–Crippen MR) is 122 cm³/mol. The molecular weight excluding hydrogens is 390 g/mol. The molecule has 0 aliphatic carbocycles. The van der Waals surface area contributed by atoms with Crippen LogP contribution in [0.4, 0.5) is 5.82 Å². The van der Waals surface area contributed by atoms with Crippen LogP contribution in [0.15, 0.2) is 30.3 Å². The van der Waals surface area contributed by atoms with E-state index in [-0.39, 0.29) is 12.0 Å². The quantitative estimate of drug-likeness (QED) is 0.610. The lowest BCUT2D eigenvalue weighted by molar-refractivity contribution is 0.0499. The summed E-state index contributed by atoms with van der Waals surface area (Å²) in [6.07, 6.45) is 2.08. The summed E-state index contributed by atoms with van der Waals surface area (Å²) in [6, 6.07) is 10.2. The van der Waals surface area contributed by atoms with Crippen molar-refractivity contribution < 1.29 is 9.53 Å². The van der Waals surface area contributed by atoms with E-state index in [2.05, 4.69) is 30.2 Å². The molecule has 1 amide bonds. The zero-order chi connectivity index (χ0) is 22.1. The molecule has 0 spiro atoms. The summed E-state index contributed by atoms with van der Waals surface area (Å²) in [5.41, 5.74) is 4.58. The van der Waals surface area contributed by atoms with E-state index in [0.717, 1.165) is 53.0 Å². The van der Waals surface area contributed by atoms with Gasteiger partial charge >= 0.3 is 0 Å². The second kappa shape index (κ2) is 8.67. The lowest BCUT2D eigenvalue weighted by atomic mass is 10.1. The number of aryl methyl sites for hydroxylation is 3. The Bertz CT molecular complexity index is 1100. The van der Waals surface area contributed by atoms with Gasteiger partial charge in [0, 0.05) is 51.8 Å². The lowest BCUT2D eigenvalue weighted by Gasteiger charge is -2.27. The van der Waals surface area contributed by atoms with Crippen LogP contribution in [0, 0.1) is 13.8 Å². The monoisotopic (exact) mass is 421 g/mol. The van der Waals surface area contributed by atoms with Crippen molar-refractivity contribution in [2.75, 3.05) is 32.1 Å². The summed E-state index contributed by atoms with van der Waals surface area (Å²) < 4.78 is 7.53. The Kier molecular flexibility index (Phi) is 5.96. The van der Waals surface area contributed by atoms with E-state index in [1.165, 1.54) is 0 Å². The predicted octanol–water partition coefficient (Wildman–Crippen LogP) is 3.47. The zero-order valence-electron chi connectivity index (χ0n) is 19.1. The minimum absolute atomic E-state index is 0.0346. The smallest absolute Gasteiger partial charge is 0.272 e. The highest BCUT2D eigenvalue weighted by Gasteiger charge is 2.27. The number of carbonyl (C=O) groups excluding carboxylic acids is 1. The van der Waals surface area contributed by atoms with Crippen LogP contribution < -0.4 is 4.90 Å². The topological polar surface area (TPSA) is 63.5 Å². The molecule has 0 saturated carbocycles. The fraction of sp³-hybridized carbons (Fsp3) is 0.458. The summed E-state index contributed by atoms with van der Waals surface area (Å²) >= 11 is 0. The molecule has 1 saturated heterocycles. The second-order valence-corrected chi connectivity index (χ2v) is 8.63. The van der Waals surface area contributed by atoms with Gasteiger partial charge in [0.15, 0.2) is 0 Å². The Hall–Kier alpha value is -2.93. The number of carbonyl (C=O) groups is 1. The van der Waals surface area contributed by atoms with Crippen molar-refractivity contribution in [1.29, 1.82) is 0 Å². The van der Waals surface area contributed by atoms with Crippen LogP contribution in [-0.2, 0) is 18.3 Å². The van der Waals surface area contributed by atoms with Crippen molar-refractivity contribution in [3.05, 3.63) is 52.8 Å². The first-order chi connectivity index (χ1) is 14.8. The summed E-state index contributed by atoms with van der Waals surface area (Å²) in [6.45, 7) is 5.76. The molecule has 3 heterocycles. The molecular formula is C24H31N5O2. The molecule has 1 atom stereocenters. The van der Waals surface area contributed by atoms with Crippen molar-refractivity contribution in [2.24, 2.45) is 7.05 Å². The number of aromatic nitrogens is 3. The van der Waals surface area contributed by atoms with Gasteiger partial charge in [0.1, 0.15) is 11.5 Å². The molecule has 1 aliphatic heterocycles. The van der Waals surface area contributed by atoms with Crippen LogP contribution in [0.3, 0.4) is 0 Å². The molecule has 3 aromatic rings. The molecule has 0 N–H and O–H groups in total. The number of fused-ring (bicyclic) bond motifs is 1. The number of anilines is 1. The van der Waals surface area contributed by atoms with E-state index in [9.17, 15) is 4.79 Å². The number of para-hydroxylation sites is 1. The molecule has 2 aromatic heterocycles. The minimum atomic E-state index is -0.0346. The SMILES string of the molecule is Cc1cc(C(=O)N(Cc2cc3cccc(C)c3nc2N(C)C)C[C@@H]2CCCO2)n(C)n1. The van der Waals surface area contributed by atoms with Gasteiger partial charge in [-0.1, -0.05) is 18.2 Å². The molecule has 1 fully saturated rings. The summed E-state index contributed by atoms with van der Waals surface area (Å²) in [4.78, 5) is 22.4. The fourth-order valence-corrected chi connectivity index (χ4v) is 4.32. The molecule has 31 heavy (non-hydrogen) atoms. The standard InChI is InChI=1S/C24H31N5O2/c1-16-8-6-9-18-13-19(23(27(3)4)25-22(16)18)14-29(15-20-10-7-11-31-20)24(30)21-12-17(2)26-28(21)5/h6,8-9,12-13,20H,7,10-11,14-15H2,1-5H3/t20-/m0/s1. The van der Waals surface area contributed by atoms with Gasteiger partial charge in [-0.3, -0.25) is 9.48 Å². The third-order valence-electron chi connectivity index (χ3n) is 5.84. The van der Waals surface area contributed by atoms with E-state index in [0.29, 0.717) is 18.8 Å². The number of pyridine rings is 1. The molecule has 1 aromatic carbocycles. The molecule has 1 aliphatic rings. The van der Waals surface area contributed by atoms with Gasteiger partial charge in [-0.05, 0) is 44.4 Å². The largest absolute Gasteiger partial charge is 0.376 e. The maximum atomic E-state index is 13.5.